The van der Waals surface area contributed by atoms with Gasteiger partial charge in [-0.15, -0.1) is 0 Å². The molecule has 0 radical (unpaired) electrons. The molecule has 4 heteroatoms. The van der Waals surface area contributed by atoms with Crippen LogP contribution in [0.2, 0.25) is 0 Å². The zero-order valence-electron chi connectivity index (χ0n) is 13.0. The Bertz CT molecular complexity index is 420. The van der Waals surface area contributed by atoms with Gasteiger partial charge in [-0.2, -0.15) is 0 Å². The number of piperidine rings is 1. The van der Waals surface area contributed by atoms with Gasteiger partial charge in [0.25, 0.3) is 0 Å². The average molecular weight is 277 g/mol. The van der Waals surface area contributed by atoms with Crippen molar-refractivity contribution >= 4 is 5.82 Å². The van der Waals surface area contributed by atoms with Crippen LogP contribution in [0.1, 0.15) is 37.9 Å². The smallest absolute Gasteiger partial charge is 0.128 e. The number of aromatic nitrogens is 1. The molecule has 2 heterocycles. The molecular weight excluding hydrogens is 250 g/mol. The molecule has 1 unspecified atom stereocenters. The minimum Gasteiger partial charge on any atom is -0.377 e. The number of hydrogen-bond donors (Lipinski definition) is 1. The summed E-state index contributed by atoms with van der Waals surface area (Å²) in [6, 6.07) is 4.35. The van der Waals surface area contributed by atoms with Gasteiger partial charge in [0.2, 0.25) is 0 Å². The average Bonchev–Trinajstić information content (AvgIpc) is 2.46. The first-order valence-corrected chi connectivity index (χ1v) is 7.78. The first kappa shape index (κ1) is 15.3. The van der Waals surface area contributed by atoms with Crippen LogP contribution < -0.4 is 10.2 Å². The summed E-state index contributed by atoms with van der Waals surface area (Å²) >= 11 is 0. The van der Waals surface area contributed by atoms with Crippen molar-refractivity contribution in [3.05, 3.63) is 23.4 Å². The number of pyridine rings is 1. The number of ether oxygens (including phenoxy) is 1. The van der Waals surface area contributed by atoms with Crippen molar-refractivity contribution in [1.82, 2.24) is 10.3 Å². The van der Waals surface area contributed by atoms with Gasteiger partial charge in [-0.25, -0.2) is 4.98 Å². The van der Waals surface area contributed by atoms with Gasteiger partial charge in [0, 0.05) is 31.9 Å². The third-order valence-electron chi connectivity index (χ3n) is 3.85. The molecule has 0 saturated carbocycles. The Morgan fingerprint density at radius 2 is 2.25 bits per heavy atom. The van der Waals surface area contributed by atoms with E-state index in [1.807, 2.05) is 0 Å². The summed E-state index contributed by atoms with van der Waals surface area (Å²) in [5.41, 5.74) is 2.41. The van der Waals surface area contributed by atoms with Crippen LogP contribution in [0.25, 0.3) is 0 Å². The van der Waals surface area contributed by atoms with Crippen molar-refractivity contribution in [3.8, 4) is 0 Å². The van der Waals surface area contributed by atoms with E-state index in [2.05, 4.69) is 43.1 Å². The lowest BCUT2D eigenvalue weighted by molar-refractivity contribution is 0.0525. The summed E-state index contributed by atoms with van der Waals surface area (Å²) in [6.45, 7) is 11.0. The van der Waals surface area contributed by atoms with Crippen LogP contribution in [0.4, 0.5) is 5.82 Å². The van der Waals surface area contributed by atoms with Gasteiger partial charge in [0.15, 0.2) is 0 Å². The molecular formula is C16H27N3O. The molecule has 1 aromatic rings. The molecule has 1 N–H and O–H groups in total. The van der Waals surface area contributed by atoms with Crippen LogP contribution in [0.3, 0.4) is 0 Å². The van der Waals surface area contributed by atoms with Crippen LogP contribution in [0.15, 0.2) is 12.1 Å². The fourth-order valence-electron chi connectivity index (χ4n) is 2.72. The maximum absolute atomic E-state index is 5.76. The molecule has 112 valence electrons. The highest BCUT2D eigenvalue weighted by Gasteiger charge is 2.21. The minimum atomic E-state index is 0.359. The summed E-state index contributed by atoms with van der Waals surface area (Å²) in [5.74, 6) is 1.09. The highest BCUT2D eigenvalue weighted by Crippen LogP contribution is 2.21. The standard InChI is InChI=1S/C16H27N3O/c1-4-17-11-14-8-9-16(18-13(14)3)19-10-6-7-15(12-19)20-5-2/h8-9,15,17H,4-7,10-12H2,1-3H3. The van der Waals surface area contributed by atoms with Crippen molar-refractivity contribution < 1.29 is 4.74 Å². The van der Waals surface area contributed by atoms with Crippen molar-refractivity contribution in [1.29, 1.82) is 0 Å². The quantitative estimate of drug-likeness (QED) is 0.867. The minimum absolute atomic E-state index is 0.359. The van der Waals surface area contributed by atoms with Crippen LogP contribution in [0, 0.1) is 6.92 Å². The summed E-state index contributed by atoms with van der Waals surface area (Å²) in [4.78, 5) is 7.13. The molecule has 0 spiro atoms. The number of anilines is 1. The molecule has 1 aromatic heterocycles. The molecule has 20 heavy (non-hydrogen) atoms. The second-order valence-electron chi connectivity index (χ2n) is 5.36. The third-order valence-corrected chi connectivity index (χ3v) is 3.85. The Morgan fingerprint density at radius 3 is 2.95 bits per heavy atom. The fraction of sp³-hybridized carbons (Fsp3) is 0.688. The van der Waals surface area contributed by atoms with E-state index in [4.69, 9.17) is 9.72 Å². The Morgan fingerprint density at radius 1 is 1.40 bits per heavy atom. The third kappa shape index (κ3) is 3.93. The predicted octanol–water partition coefficient (Wildman–Crippen LogP) is 2.50. The molecule has 2 rings (SSSR count). The van der Waals surface area contributed by atoms with Gasteiger partial charge in [0.05, 0.1) is 6.10 Å². The Kier molecular flexibility index (Phi) is 5.80. The number of rotatable bonds is 6. The SMILES string of the molecule is CCNCc1ccc(N2CCCC(OCC)C2)nc1C. The maximum Gasteiger partial charge on any atom is 0.128 e. The lowest BCUT2D eigenvalue weighted by Gasteiger charge is -2.33. The van der Waals surface area contributed by atoms with E-state index in [1.165, 1.54) is 18.4 Å². The number of nitrogens with zero attached hydrogens (tertiary/aromatic N) is 2. The lowest BCUT2D eigenvalue weighted by Crippen LogP contribution is -2.40. The molecule has 0 amide bonds. The maximum atomic E-state index is 5.76. The van der Waals surface area contributed by atoms with Gasteiger partial charge in [-0.1, -0.05) is 13.0 Å². The molecule has 0 aromatic carbocycles. The summed E-state index contributed by atoms with van der Waals surface area (Å²) in [6.07, 6.45) is 2.71. The molecule has 1 aliphatic heterocycles. The van der Waals surface area contributed by atoms with E-state index < -0.39 is 0 Å². The largest absolute Gasteiger partial charge is 0.377 e. The number of nitrogens with one attached hydrogen (secondary N) is 1. The molecule has 0 bridgehead atoms. The van der Waals surface area contributed by atoms with Crippen molar-refractivity contribution in [3.63, 3.8) is 0 Å². The van der Waals surface area contributed by atoms with Crippen molar-refractivity contribution in [2.24, 2.45) is 0 Å². The second kappa shape index (κ2) is 7.60. The first-order chi connectivity index (χ1) is 9.74. The molecule has 1 aliphatic rings. The normalized spacial score (nSPS) is 19.4. The van der Waals surface area contributed by atoms with Gasteiger partial charge in [-0.05, 0) is 44.9 Å². The Balaban J connectivity index is 2.03. The Labute approximate surface area is 122 Å². The van der Waals surface area contributed by atoms with Crippen LogP contribution >= 0.6 is 0 Å². The zero-order valence-corrected chi connectivity index (χ0v) is 13.0. The van der Waals surface area contributed by atoms with E-state index in [9.17, 15) is 0 Å². The lowest BCUT2D eigenvalue weighted by atomic mass is 10.1. The monoisotopic (exact) mass is 277 g/mol. The summed E-state index contributed by atoms with van der Waals surface area (Å²) < 4.78 is 5.76. The van der Waals surface area contributed by atoms with Crippen LogP contribution in [0.5, 0.6) is 0 Å². The zero-order chi connectivity index (χ0) is 14.4. The van der Waals surface area contributed by atoms with Crippen LogP contribution in [-0.2, 0) is 11.3 Å². The molecule has 1 fully saturated rings. The van der Waals surface area contributed by atoms with Gasteiger partial charge in [-0.3, -0.25) is 0 Å². The van der Waals surface area contributed by atoms with Gasteiger partial charge < -0.3 is 15.0 Å². The second-order valence-corrected chi connectivity index (χ2v) is 5.36. The fourth-order valence-corrected chi connectivity index (χ4v) is 2.72. The topological polar surface area (TPSA) is 37.4 Å². The van der Waals surface area contributed by atoms with Gasteiger partial charge in [0.1, 0.15) is 5.82 Å². The van der Waals surface area contributed by atoms with Crippen molar-refractivity contribution in [2.45, 2.75) is 46.3 Å². The molecule has 0 aliphatic carbocycles. The summed E-state index contributed by atoms with van der Waals surface area (Å²) in [5, 5.41) is 3.35. The summed E-state index contributed by atoms with van der Waals surface area (Å²) in [7, 11) is 0. The Hall–Kier alpha value is -1.13. The number of aryl methyl sites for hydroxylation is 1. The van der Waals surface area contributed by atoms with E-state index in [0.717, 1.165) is 44.3 Å². The van der Waals surface area contributed by atoms with Gasteiger partial charge >= 0.3 is 0 Å². The van der Waals surface area contributed by atoms with Crippen LogP contribution in [-0.4, -0.2) is 37.3 Å². The highest BCUT2D eigenvalue weighted by molar-refractivity contribution is 5.42. The van der Waals surface area contributed by atoms with E-state index in [0.29, 0.717) is 6.10 Å². The van der Waals surface area contributed by atoms with E-state index in [1.54, 1.807) is 0 Å². The molecule has 4 nitrogen and oxygen atoms in total. The first-order valence-electron chi connectivity index (χ1n) is 7.78. The van der Waals surface area contributed by atoms with Crippen molar-refractivity contribution in [2.75, 3.05) is 31.1 Å². The number of hydrogen-bond acceptors (Lipinski definition) is 4. The highest BCUT2D eigenvalue weighted by atomic mass is 16.5. The molecule has 1 saturated heterocycles. The van der Waals surface area contributed by atoms with E-state index in [-0.39, 0.29) is 0 Å². The molecule has 1 atom stereocenters. The predicted molar refractivity (Wildman–Crippen MR) is 83.2 cm³/mol. The van der Waals surface area contributed by atoms with E-state index >= 15 is 0 Å².